The first kappa shape index (κ1) is 20.5. The summed E-state index contributed by atoms with van der Waals surface area (Å²) in [6.45, 7) is 3.25. The Hall–Kier alpha value is -1.19. The van der Waals surface area contributed by atoms with Gasteiger partial charge in [0.05, 0.1) is 18.1 Å². The summed E-state index contributed by atoms with van der Waals surface area (Å²) in [5.74, 6) is -0.0553. The number of rotatable bonds is 3. The highest BCUT2D eigenvalue weighted by Gasteiger charge is 2.38. The van der Waals surface area contributed by atoms with E-state index in [0.29, 0.717) is 31.9 Å². The summed E-state index contributed by atoms with van der Waals surface area (Å²) < 4.78 is 32.4. The molecule has 1 aromatic carbocycles. The first-order valence-corrected chi connectivity index (χ1v) is 10.7. The van der Waals surface area contributed by atoms with E-state index in [9.17, 15) is 13.2 Å². The zero-order chi connectivity index (χ0) is 18.1. The van der Waals surface area contributed by atoms with Crippen LogP contribution in [0.4, 0.5) is 0 Å². The van der Waals surface area contributed by atoms with Crippen molar-refractivity contribution < 1.29 is 17.9 Å². The molecule has 7 nitrogen and oxygen atoms in total. The SMILES string of the molecule is Cl.O=C(c1cccc(S(=O)(=O)N2CCOCC2)c1)N1C2CCNCC1CC2. The van der Waals surface area contributed by atoms with Gasteiger partial charge in [-0.3, -0.25) is 4.79 Å². The molecule has 150 valence electrons. The van der Waals surface area contributed by atoms with E-state index in [4.69, 9.17) is 4.74 Å². The molecule has 0 spiro atoms. The van der Waals surface area contributed by atoms with E-state index in [0.717, 1.165) is 32.4 Å². The molecule has 1 N–H and O–H groups in total. The molecule has 0 aliphatic carbocycles. The summed E-state index contributed by atoms with van der Waals surface area (Å²) >= 11 is 0. The third-order valence-corrected chi connectivity index (χ3v) is 7.47. The second kappa shape index (κ2) is 8.45. The number of sulfonamides is 1. The predicted octanol–water partition coefficient (Wildman–Crippen LogP) is 1.10. The molecule has 1 aromatic rings. The minimum atomic E-state index is -3.60. The molecule has 0 saturated carbocycles. The largest absolute Gasteiger partial charge is 0.379 e. The van der Waals surface area contributed by atoms with Crippen LogP contribution >= 0.6 is 12.4 Å². The number of ether oxygens (including phenoxy) is 1. The molecular formula is C18H26ClN3O4S. The summed E-state index contributed by atoms with van der Waals surface area (Å²) in [6, 6.07) is 6.94. The number of nitrogens with one attached hydrogen (secondary N) is 1. The number of morpholine rings is 1. The maximum absolute atomic E-state index is 13.1. The van der Waals surface area contributed by atoms with Crippen molar-refractivity contribution >= 4 is 28.3 Å². The van der Waals surface area contributed by atoms with E-state index < -0.39 is 10.0 Å². The monoisotopic (exact) mass is 415 g/mol. The van der Waals surface area contributed by atoms with Crippen molar-refractivity contribution in [3.8, 4) is 0 Å². The van der Waals surface area contributed by atoms with Crippen molar-refractivity contribution in [1.82, 2.24) is 14.5 Å². The molecule has 3 aliphatic rings. The fraction of sp³-hybridized carbons (Fsp3) is 0.611. The zero-order valence-electron chi connectivity index (χ0n) is 15.2. The number of fused-ring (bicyclic) bond motifs is 2. The van der Waals surface area contributed by atoms with Crippen molar-refractivity contribution in [3.05, 3.63) is 29.8 Å². The van der Waals surface area contributed by atoms with Gasteiger partial charge in [0.2, 0.25) is 10.0 Å². The Balaban J connectivity index is 0.00000210. The summed E-state index contributed by atoms with van der Waals surface area (Å²) in [6.07, 6.45) is 2.99. The minimum absolute atomic E-state index is 0. The van der Waals surface area contributed by atoms with Gasteiger partial charge >= 0.3 is 0 Å². The molecule has 0 aromatic heterocycles. The Bertz CT molecular complexity index is 769. The van der Waals surface area contributed by atoms with Gasteiger partial charge in [0.1, 0.15) is 0 Å². The predicted molar refractivity (Wildman–Crippen MR) is 104 cm³/mol. The highest BCUT2D eigenvalue weighted by Crippen LogP contribution is 2.30. The van der Waals surface area contributed by atoms with E-state index in [-0.39, 0.29) is 35.3 Å². The maximum atomic E-state index is 13.1. The van der Waals surface area contributed by atoms with E-state index in [1.165, 1.54) is 10.4 Å². The number of amides is 1. The van der Waals surface area contributed by atoms with Crippen LogP contribution in [-0.2, 0) is 14.8 Å². The van der Waals surface area contributed by atoms with Gasteiger partial charge in [0.25, 0.3) is 5.91 Å². The Morgan fingerprint density at radius 2 is 1.85 bits per heavy atom. The van der Waals surface area contributed by atoms with Crippen LogP contribution in [0.1, 0.15) is 29.6 Å². The van der Waals surface area contributed by atoms with Crippen LogP contribution in [0.15, 0.2) is 29.2 Å². The molecular weight excluding hydrogens is 390 g/mol. The standard InChI is InChI=1S/C18H25N3O4S.ClH/c22-18(21-15-4-5-16(21)13-19-7-6-15)14-2-1-3-17(12-14)26(23,24)20-8-10-25-11-9-20;/h1-3,12,15-16,19H,4-11,13H2;1H. The molecule has 3 aliphatic heterocycles. The van der Waals surface area contributed by atoms with E-state index in [1.54, 1.807) is 18.2 Å². The minimum Gasteiger partial charge on any atom is -0.379 e. The smallest absolute Gasteiger partial charge is 0.254 e. The molecule has 2 unspecified atom stereocenters. The number of benzene rings is 1. The average Bonchev–Trinajstić information content (AvgIpc) is 2.94. The number of carbonyl (C=O) groups excluding carboxylic acids is 1. The Labute approximate surface area is 166 Å². The lowest BCUT2D eigenvalue weighted by atomic mass is 10.1. The van der Waals surface area contributed by atoms with Gasteiger partial charge < -0.3 is 15.0 Å². The van der Waals surface area contributed by atoms with Gasteiger partial charge in [0, 0.05) is 37.3 Å². The maximum Gasteiger partial charge on any atom is 0.254 e. The molecule has 27 heavy (non-hydrogen) atoms. The fourth-order valence-electron chi connectivity index (χ4n) is 4.19. The Kier molecular flexibility index (Phi) is 6.43. The summed E-state index contributed by atoms with van der Waals surface area (Å²) in [5, 5.41) is 3.39. The fourth-order valence-corrected chi connectivity index (χ4v) is 5.64. The summed E-state index contributed by atoms with van der Waals surface area (Å²) in [5.41, 5.74) is 0.457. The third kappa shape index (κ3) is 4.00. The molecule has 0 radical (unpaired) electrons. The quantitative estimate of drug-likeness (QED) is 0.799. The van der Waals surface area contributed by atoms with Crippen LogP contribution in [0, 0.1) is 0 Å². The lowest BCUT2D eigenvalue weighted by Crippen LogP contribution is -2.43. The van der Waals surface area contributed by atoms with Gasteiger partial charge in [-0.25, -0.2) is 8.42 Å². The normalized spacial score (nSPS) is 26.3. The number of nitrogens with zero attached hydrogens (tertiary/aromatic N) is 2. The first-order valence-electron chi connectivity index (χ1n) is 9.29. The molecule has 3 fully saturated rings. The highest BCUT2D eigenvalue weighted by molar-refractivity contribution is 7.89. The topological polar surface area (TPSA) is 79.0 Å². The van der Waals surface area contributed by atoms with Gasteiger partial charge in [-0.05, 0) is 44.0 Å². The summed E-state index contributed by atoms with van der Waals surface area (Å²) in [7, 11) is -3.60. The van der Waals surface area contributed by atoms with Gasteiger partial charge in [0.15, 0.2) is 0 Å². The summed E-state index contributed by atoms with van der Waals surface area (Å²) in [4.78, 5) is 15.3. The number of halogens is 1. The van der Waals surface area contributed by atoms with Crippen molar-refractivity contribution in [1.29, 1.82) is 0 Å². The highest BCUT2D eigenvalue weighted by atomic mass is 35.5. The number of carbonyl (C=O) groups is 1. The van der Waals surface area contributed by atoms with E-state index in [1.807, 2.05) is 4.90 Å². The zero-order valence-corrected chi connectivity index (χ0v) is 16.8. The lowest BCUT2D eigenvalue weighted by molar-refractivity contribution is 0.0679. The lowest BCUT2D eigenvalue weighted by Gasteiger charge is -2.28. The van der Waals surface area contributed by atoms with Gasteiger partial charge in [-0.2, -0.15) is 4.31 Å². The molecule has 2 bridgehead atoms. The van der Waals surface area contributed by atoms with Crippen LogP contribution in [0.2, 0.25) is 0 Å². The van der Waals surface area contributed by atoms with Crippen molar-refractivity contribution in [2.75, 3.05) is 39.4 Å². The molecule has 9 heteroatoms. The number of hydrogen-bond acceptors (Lipinski definition) is 5. The number of hydrogen-bond donors (Lipinski definition) is 1. The molecule has 3 heterocycles. The second-order valence-electron chi connectivity index (χ2n) is 7.13. The molecule has 4 rings (SSSR count). The first-order chi connectivity index (χ1) is 12.6. The van der Waals surface area contributed by atoms with Crippen LogP contribution < -0.4 is 5.32 Å². The van der Waals surface area contributed by atoms with Crippen LogP contribution in [0.3, 0.4) is 0 Å². The molecule has 1 amide bonds. The molecule has 2 atom stereocenters. The van der Waals surface area contributed by atoms with Crippen LogP contribution in [0.5, 0.6) is 0 Å². The molecule has 3 saturated heterocycles. The Morgan fingerprint density at radius 3 is 2.63 bits per heavy atom. The Morgan fingerprint density at radius 1 is 1.11 bits per heavy atom. The average molecular weight is 416 g/mol. The van der Waals surface area contributed by atoms with Crippen molar-refractivity contribution in [2.24, 2.45) is 0 Å². The van der Waals surface area contributed by atoms with E-state index >= 15 is 0 Å². The van der Waals surface area contributed by atoms with E-state index in [2.05, 4.69) is 5.32 Å². The van der Waals surface area contributed by atoms with Crippen LogP contribution in [0.25, 0.3) is 0 Å². The third-order valence-electron chi connectivity index (χ3n) is 5.58. The van der Waals surface area contributed by atoms with Crippen LogP contribution in [-0.4, -0.2) is 75.0 Å². The van der Waals surface area contributed by atoms with Gasteiger partial charge in [-0.1, -0.05) is 6.07 Å². The van der Waals surface area contributed by atoms with Gasteiger partial charge in [-0.15, -0.1) is 12.4 Å². The van der Waals surface area contributed by atoms with Crippen molar-refractivity contribution in [2.45, 2.75) is 36.2 Å². The second-order valence-corrected chi connectivity index (χ2v) is 9.07. The van der Waals surface area contributed by atoms with Crippen molar-refractivity contribution in [3.63, 3.8) is 0 Å².